The summed E-state index contributed by atoms with van der Waals surface area (Å²) in [5, 5.41) is 21.5. The van der Waals surface area contributed by atoms with Crippen molar-refractivity contribution >= 4 is 61.3 Å². The van der Waals surface area contributed by atoms with E-state index in [1.54, 1.807) is 18.9 Å². The lowest BCUT2D eigenvalue weighted by Gasteiger charge is -2.10. The van der Waals surface area contributed by atoms with Gasteiger partial charge in [-0.25, -0.2) is 19.9 Å². The molecule has 2 aliphatic carbocycles. The number of benzene rings is 2. The number of halogens is 1. The van der Waals surface area contributed by atoms with Gasteiger partial charge >= 0.3 is 0 Å². The lowest BCUT2D eigenvalue weighted by Crippen LogP contribution is -2.05. The zero-order valence-electron chi connectivity index (χ0n) is 42.0. The van der Waals surface area contributed by atoms with Crippen molar-refractivity contribution in [2.75, 3.05) is 20.0 Å². The second kappa shape index (κ2) is 22.1. The molecule has 2 aromatic carbocycles. The summed E-state index contributed by atoms with van der Waals surface area (Å²) in [7, 11) is 7.25. The molecule has 392 valence electrons. The van der Waals surface area contributed by atoms with Gasteiger partial charge in [0, 0.05) is 95.3 Å². The number of nitrogens with two attached hydrogens (primary N) is 1. The third-order valence-electron chi connectivity index (χ3n) is 13.5. The van der Waals surface area contributed by atoms with Crippen LogP contribution in [0.1, 0.15) is 144 Å². The summed E-state index contributed by atoms with van der Waals surface area (Å²) in [5.74, 6) is 6.72. The van der Waals surface area contributed by atoms with Crippen molar-refractivity contribution in [1.82, 2.24) is 59.8 Å². The van der Waals surface area contributed by atoms with Crippen molar-refractivity contribution in [3.8, 4) is 33.8 Å². The fourth-order valence-corrected chi connectivity index (χ4v) is 9.85. The van der Waals surface area contributed by atoms with Gasteiger partial charge in [-0.2, -0.15) is 10.2 Å². The average molecular weight is 1030 g/mol. The minimum Gasteiger partial charge on any atom is -0.496 e. The maximum Gasteiger partial charge on any atom is 0.143 e. The van der Waals surface area contributed by atoms with Crippen molar-refractivity contribution in [2.24, 2.45) is 14.1 Å². The molecule has 17 nitrogen and oxygen atoms in total. The third-order valence-corrected chi connectivity index (χ3v) is 13.8. The fourth-order valence-electron chi connectivity index (χ4n) is 9.56. The molecule has 10 aromatic rings. The van der Waals surface area contributed by atoms with Gasteiger partial charge in [-0.15, -0.1) is 0 Å². The van der Waals surface area contributed by atoms with Crippen LogP contribution in [0.3, 0.4) is 0 Å². The maximum atomic E-state index is 6.47. The van der Waals surface area contributed by atoms with Gasteiger partial charge in [-0.05, 0) is 96.6 Å². The first-order valence-corrected chi connectivity index (χ1v) is 24.8. The van der Waals surface area contributed by atoms with Crippen molar-refractivity contribution in [3.63, 3.8) is 0 Å². The van der Waals surface area contributed by atoms with Crippen molar-refractivity contribution in [1.29, 1.82) is 0 Å². The molecule has 0 radical (unpaired) electrons. The molecule has 0 saturated heterocycles. The molecule has 8 heterocycles. The lowest BCUT2D eigenvalue weighted by molar-refractivity contribution is 0.393. The number of hydrogen-bond donors (Lipinski definition) is 3. The second-order valence-electron chi connectivity index (χ2n) is 18.8. The van der Waals surface area contributed by atoms with Crippen LogP contribution < -0.4 is 15.2 Å². The first kappa shape index (κ1) is 54.5. The molecule has 2 aliphatic rings. The summed E-state index contributed by atoms with van der Waals surface area (Å²) in [6.45, 7) is 11.9. The highest BCUT2D eigenvalue weighted by atomic mass is 35.5. The molecular weight excluding hydrogens is 954 g/mol. The number of aromatic amines is 2. The Labute approximate surface area is 438 Å². The van der Waals surface area contributed by atoms with Gasteiger partial charge in [0.2, 0.25) is 0 Å². The predicted octanol–water partition coefficient (Wildman–Crippen LogP) is 13.3. The summed E-state index contributed by atoms with van der Waals surface area (Å²) in [6, 6.07) is 12.4. The molecule has 18 heteroatoms. The number of rotatable bonds is 12. The van der Waals surface area contributed by atoms with Crippen LogP contribution in [0.2, 0.25) is 5.15 Å². The Morgan fingerprint density at radius 3 is 1.57 bits per heavy atom. The van der Waals surface area contributed by atoms with E-state index in [0.717, 1.165) is 149 Å². The van der Waals surface area contributed by atoms with Gasteiger partial charge in [0.25, 0.3) is 0 Å². The Kier molecular flexibility index (Phi) is 16.2. The molecule has 74 heavy (non-hydrogen) atoms. The van der Waals surface area contributed by atoms with Crippen LogP contribution in [0.5, 0.6) is 11.5 Å². The predicted molar refractivity (Wildman–Crippen MR) is 297 cm³/mol. The molecule has 0 amide bonds. The molecule has 0 atom stereocenters. The van der Waals surface area contributed by atoms with Crippen LogP contribution in [0.4, 0.5) is 5.82 Å². The van der Waals surface area contributed by atoms with E-state index >= 15 is 0 Å². The lowest BCUT2D eigenvalue weighted by atomic mass is 10.00. The number of aromatic nitrogens is 12. The number of aryl methyl sites for hydroxylation is 8. The van der Waals surface area contributed by atoms with Crippen molar-refractivity contribution in [3.05, 3.63) is 98.9 Å². The monoisotopic (exact) mass is 1030 g/mol. The van der Waals surface area contributed by atoms with Gasteiger partial charge in [0.15, 0.2) is 0 Å². The van der Waals surface area contributed by atoms with E-state index < -0.39 is 0 Å². The molecule has 2 saturated carbocycles. The Hall–Kier alpha value is -7.27. The summed E-state index contributed by atoms with van der Waals surface area (Å²) in [4.78, 5) is 25.9. The van der Waals surface area contributed by atoms with Gasteiger partial charge in [0.05, 0.1) is 59.2 Å². The highest BCUT2D eigenvalue weighted by Crippen LogP contribution is 2.44. The summed E-state index contributed by atoms with van der Waals surface area (Å²) in [5.41, 5.74) is 19.1. The van der Waals surface area contributed by atoms with Crippen molar-refractivity contribution in [2.45, 2.75) is 133 Å². The van der Waals surface area contributed by atoms with Gasteiger partial charge < -0.3 is 34.2 Å². The summed E-state index contributed by atoms with van der Waals surface area (Å²) in [6.07, 6.45) is 9.34. The largest absolute Gasteiger partial charge is 0.496 e. The molecule has 0 unspecified atom stereocenters. The van der Waals surface area contributed by atoms with Gasteiger partial charge in [-0.3, -0.25) is 9.36 Å². The molecule has 8 aromatic heterocycles. The van der Waals surface area contributed by atoms with Crippen LogP contribution in [0.15, 0.2) is 45.4 Å². The molecule has 12 rings (SSSR count). The van der Waals surface area contributed by atoms with E-state index in [-0.39, 0.29) is 22.3 Å². The third kappa shape index (κ3) is 10.4. The van der Waals surface area contributed by atoms with Crippen LogP contribution in [0, 0.1) is 27.7 Å². The highest BCUT2D eigenvalue weighted by molar-refractivity contribution is 6.36. The number of anilines is 1. The number of hydrogen-bond acceptors (Lipinski definition) is 13. The maximum absolute atomic E-state index is 6.47. The van der Waals surface area contributed by atoms with E-state index in [0.29, 0.717) is 23.4 Å². The van der Waals surface area contributed by atoms with Gasteiger partial charge in [0.1, 0.15) is 56.9 Å². The quantitative estimate of drug-likeness (QED) is 0.0972. The summed E-state index contributed by atoms with van der Waals surface area (Å²) >= 11 is 6.47. The average Bonchev–Trinajstić information content (AvgIpc) is 4.16. The topological polar surface area (TPSA) is 215 Å². The van der Waals surface area contributed by atoms with Crippen LogP contribution in [-0.2, 0) is 33.4 Å². The van der Waals surface area contributed by atoms with E-state index in [4.69, 9.17) is 50.9 Å². The first-order valence-electron chi connectivity index (χ1n) is 24.4. The standard InChI is InChI=1S/C27H30N6O2.C19H19ClN4O2.C7H11N3.3CH4/c1-6-7-24-28-22(11-17-10-20(16-8-9-16)31-33(17)4)26-18-13-23(34-5)19(12-21(18)29-27(26)30-24)25-14(2)32-35-15(25)3;1-5-6-15-22-18(20)17-11-8-14(25-4)12(7-13(11)21-19(17)23-15)16-9(2)24-26-10(16)3;1-10-7(8)4-6(9-10)5-2-3-5;;;/h10,12-13,16H,6-9,11H2,1-5H3,(H,28,29,30);7-8H,5-6H2,1-4H3,(H,21,22,23);4-5H,2-3,8H2,1H3;3*1H4. The summed E-state index contributed by atoms with van der Waals surface area (Å²) < 4.78 is 26.0. The zero-order chi connectivity index (χ0) is 49.8. The van der Waals surface area contributed by atoms with E-state index in [2.05, 4.69) is 67.4 Å². The normalized spacial score (nSPS) is 13.0. The molecule has 4 N–H and O–H groups in total. The van der Waals surface area contributed by atoms with Crippen LogP contribution in [-0.4, -0.2) is 74.0 Å². The molecule has 2 fully saturated rings. The zero-order valence-corrected chi connectivity index (χ0v) is 42.8. The van der Waals surface area contributed by atoms with Gasteiger partial charge in [-0.1, -0.05) is 58.0 Å². The fraction of sp³-hybridized carbons (Fsp3) is 0.429. The SMILES string of the molecule is C.C.C.CCCc1nc(Cc2cc(C3CC3)nn2C)c2c(n1)[nH]c1cc(-c3c(C)noc3C)c(OC)cc12.CCCc1nc(Cl)c2c(n1)[nH]c1cc(-c3c(C)noc3C)c(OC)cc12.Cn1nc(C2CC2)cc1N. The number of nitrogen functional groups attached to an aromatic ring is 1. The Morgan fingerprint density at radius 1 is 0.649 bits per heavy atom. The Morgan fingerprint density at radius 2 is 1.12 bits per heavy atom. The molecule has 0 aliphatic heterocycles. The van der Waals surface area contributed by atoms with Crippen LogP contribution in [0.25, 0.3) is 66.1 Å². The number of nitrogens with zero attached hydrogens (tertiary/aromatic N) is 10. The number of fused-ring (bicyclic) bond motifs is 6. The number of H-pyrrole nitrogens is 2. The number of nitrogens with one attached hydrogen (secondary N) is 2. The van der Waals surface area contributed by atoms with E-state index in [9.17, 15) is 0 Å². The van der Waals surface area contributed by atoms with E-state index in [1.165, 1.54) is 42.8 Å². The molecule has 0 bridgehead atoms. The smallest absolute Gasteiger partial charge is 0.143 e. The minimum atomic E-state index is 0. The molecule has 0 spiro atoms. The van der Waals surface area contributed by atoms with Crippen molar-refractivity contribution < 1.29 is 18.5 Å². The van der Waals surface area contributed by atoms with E-state index in [1.807, 2.05) is 64.7 Å². The Bertz CT molecular complexity index is 3550. The Balaban J connectivity index is 0.000000180. The minimum absolute atomic E-state index is 0. The molecular formula is C56H72ClN13O4. The number of ether oxygens (including phenoxy) is 2. The number of methoxy groups -OCH3 is 2. The second-order valence-corrected chi connectivity index (χ2v) is 19.2. The first-order chi connectivity index (χ1) is 34.3. The highest BCUT2D eigenvalue weighted by Gasteiger charge is 2.29. The van der Waals surface area contributed by atoms with Crippen LogP contribution >= 0.6 is 11.6 Å².